The smallest absolute Gasteiger partial charge is 0.306 e. The number of hydrogen-bond acceptors (Lipinski definition) is 3. The van der Waals surface area contributed by atoms with Gasteiger partial charge in [0.1, 0.15) is 0 Å². The minimum absolute atomic E-state index is 0.0252. The molecule has 0 bridgehead atoms. The highest BCUT2D eigenvalue weighted by Crippen LogP contribution is 2.10. The minimum atomic E-state index is -0.755. The van der Waals surface area contributed by atoms with Crippen LogP contribution in [-0.2, 0) is 16.0 Å². The minimum Gasteiger partial charge on any atom is -0.481 e. The summed E-state index contributed by atoms with van der Waals surface area (Å²) >= 11 is 1.58. The van der Waals surface area contributed by atoms with Gasteiger partial charge in [-0.1, -0.05) is 13.3 Å². The molecule has 0 aliphatic rings. The number of thiophene rings is 1. The molecule has 0 aromatic carbocycles. The van der Waals surface area contributed by atoms with E-state index in [2.05, 4.69) is 5.32 Å². The zero-order valence-electron chi connectivity index (χ0n) is 11.4. The van der Waals surface area contributed by atoms with Crippen molar-refractivity contribution in [2.24, 2.45) is 5.92 Å². The first-order chi connectivity index (χ1) is 8.99. The Morgan fingerprint density at radius 3 is 2.68 bits per heavy atom. The largest absolute Gasteiger partial charge is 0.481 e. The average Bonchev–Trinajstić information content (AvgIpc) is 2.81. The van der Waals surface area contributed by atoms with Gasteiger partial charge in [0.05, 0.1) is 12.3 Å². The molecule has 19 heavy (non-hydrogen) atoms. The lowest BCUT2D eigenvalue weighted by molar-refractivity contribution is -0.141. The Kier molecular flexibility index (Phi) is 6.56. The van der Waals surface area contributed by atoms with E-state index in [0.717, 1.165) is 18.4 Å². The fourth-order valence-electron chi connectivity index (χ4n) is 1.83. The number of carboxylic acid groups (broad SMARTS) is 1. The molecule has 0 aliphatic heterocycles. The fourth-order valence-corrected chi connectivity index (χ4v) is 2.50. The van der Waals surface area contributed by atoms with Crippen LogP contribution in [0.1, 0.15) is 38.7 Å². The van der Waals surface area contributed by atoms with Gasteiger partial charge in [0.2, 0.25) is 5.91 Å². The number of carbonyl (C=O) groups excluding carboxylic acids is 1. The summed E-state index contributed by atoms with van der Waals surface area (Å²) in [5, 5.41) is 15.6. The molecule has 2 atom stereocenters. The fraction of sp³-hybridized carbons (Fsp3) is 0.571. The maximum atomic E-state index is 11.7. The van der Waals surface area contributed by atoms with E-state index in [4.69, 9.17) is 5.11 Å². The highest BCUT2D eigenvalue weighted by atomic mass is 32.1. The van der Waals surface area contributed by atoms with Crippen molar-refractivity contribution in [3.8, 4) is 0 Å². The van der Waals surface area contributed by atoms with E-state index in [1.807, 2.05) is 23.8 Å². The van der Waals surface area contributed by atoms with Crippen LogP contribution in [0.4, 0.5) is 0 Å². The number of amides is 1. The van der Waals surface area contributed by atoms with Crippen molar-refractivity contribution in [3.05, 3.63) is 22.4 Å². The van der Waals surface area contributed by atoms with Crippen LogP contribution in [0.2, 0.25) is 0 Å². The maximum absolute atomic E-state index is 11.7. The number of aliphatic carboxylic acids is 1. The molecule has 5 heteroatoms. The number of nitrogens with one attached hydrogen (secondary N) is 1. The summed E-state index contributed by atoms with van der Waals surface area (Å²) in [6.07, 6.45) is 2.69. The molecule has 0 spiro atoms. The SMILES string of the molecule is CC(CCCC(C)C(=O)O)NC(=O)Cc1ccsc1. The van der Waals surface area contributed by atoms with Gasteiger partial charge in [-0.05, 0) is 42.2 Å². The van der Waals surface area contributed by atoms with Crippen LogP contribution in [0, 0.1) is 5.92 Å². The molecule has 106 valence electrons. The normalized spacial score (nSPS) is 13.8. The van der Waals surface area contributed by atoms with Gasteiger partial charge in [0, 0.05) is 6.04 Å². The lowest BCUT2D eigenvalue weighted by Crippen LogP contribution is -2.33. The van der Waals surface area contributed by atoms with Gasteiger partial charge in [0.15, 0.2) is 0 Å². The summed E-state index contributed by atoms with van der Waals surface area (Å²) in [6.45, 7) is 3.67. The Morgan fingerprint density at radius 2 is 2.11 bits per heavy atom. The van der Waals surface area contributed by atoms with Crippen molar-refractivity contribution in [1.29, 1.82) is 0 Å². The average molecular weight is 283 g/mol. The second kappa shape index (κ2) is 7.94. The number of hydrogen-bond donors (Lipinski definition) is 2. The predicted molar refractivity (Wildman–Crippen MR) is 76.3 cm³/mol. The Balaban J connectivity index is 2.18. The summed E-state index contributed by atoms with van der Waals surface area (Å²) in [4.78, 5) is 22.4. The molecule has 1 aromatic rings. The first kappa shape index (κ1) is 15.7. The second-order valence-corrected chi connectivity index (χ2v) is 5.73. The lowest BCUT2D eigenvalue weighted by Gasteiger charge is -2.14. The quantitative estimate of drug-likeness (QED) is 0.771. The Morgan fingerprint density at radius 1 is 1.37 bits per heavy atom. The summed E-state index contributed by atoms with van der Waals surface area (Å²) in [6, 6.07) is 2.04. The molecular formula is C14H21NO3S. The predicted octanol–water partition coefficient (Wildman–Crippen LogP) is 2.69. The third kappa shape index (κ3) is 6.38. The molecular weight excluding hydrogens is 262 g/mol. The van der Waals surface area contributed by atoms with Crippen molar-refractivity contribution in [1.82, 2.24) is 5.32 Å². The third-order valence-corrected chi connectivity index (χ3v) is 3.78. The van der Waals surface area contributed by atoms with Gasteiger partial charge in [-0.2, -0.15) is 11.3 Å². The van der Waals surface area contributed by atoms with E-state index >= 15 is 0 Å². The van der Waals surface area contributed by atoms with E-state index in [9.17, 15) is 9.59 Å². The molecule has 0 radical (unpaired) electrons. The maximum Gasteiger partial charge on any atom is 0.306 e. The van der Waals surface area contributed by atoms with Gasteiger partial charge < -0.3 is 10.4 Å². The molecule has 1 rings (SSSR count). The van der Waals surface area contributed by atoms with Crippen LogP contribution in [0.25, 0.3) is 0 Å². The van der Waals surface area contributed by atoms with Crippen LogP contribution >= 0.6 is 11.3 Å². The topological polar surface area (TPSA) is 66.4 Å². The standard InChI is InChI=1S/C14H21NO3S/c1-10(14(17)18)4-3-5-11(2)15-13(16)8-12-6-7-19-9-12/h6-7,9-11H,3-5,8H2,1-2H3,(H,15,16)(H,17,18). The van der Waals surface area contributed by atoms with Crippen molar-refractivity contribution in [2.75, 3.05) is 0 Å². The van der Waals surface area contributed by atoms with E-state index in [1.54, 1.807) is 18.3 Å². The molecule has 0 saturated carbocycles. The van der Waals surface area contributed by atoms with Crippen molar-refractivity contribution >= 4 is 23.2 Å². The van der Waals surface area contributed by atoms with E-state index < -0.39 is 5.97 Å². The summed E-state index contributed by atoms with van der Waals surface area (Å²) in [5.41, 5.74) is 1.04. The summed E-state index contributed by atoms with van der Waals surface area (Å²) in [5.74, 6) is -1.04. The first-order valence-corrected chi connectivity index (χ1v) is 7.46. The molecule has 0 fully saturated rings. The Bertz CT molecular complexity index is 403. The van der Waals surface area contributed by atoms with Crippen molar-refractivity contribution < 1.29 is 14.7 Å². The molecule has 1 aromatic heterocycles. The number of carbonyl (C=O) groups is 2. The number of carboxylic acids is 1. The molecule has 1 amide bonds. The third-order valence-electron chi connectivity index (χ3n) is 3.05. The monoisotopic (exact) mass is 283 g/mol. The molecule has 1 heterocycles. The van der Waals surface area contributed by atoms with E-state index in [0.29, 0.717) is 12.8 Å². The Labute approximate surface area is 117 Å². The van der Waals surface area contributed by atoms with Crippen LogP contribution in [0.5, 0.6) is 0 Å². The number of rotatable bonds is 8. The van der Waals surface area contributed by atoms with Gasteiger partial charge in [-0.15, -0.1) is 0 Å². The van der Waals surface area contributed by atoms with Crippen LogP contribution in [-0.4, -0.2) is 23.0 Å². The van der Waals surface area contributed by atoms with Crippen molar-refractivity contribution in [3.63, 3.8) is 0 Å². The first-order valence-electron chi connectivity index (χ1n) is 6.52. The summed E-state index contributed by atoms with van der Waals surface area (Å²) < 4.78 is 0. The second-order valence-electron chi connectivity index (χ2n) is 4.95. The molecule has 2 N–H and O–H groups in total. The van der Waals surface area contributed by atoms with Gasteiger partial charge in [-0.3, -0.25) is 9.59 Å². The molecule has 0 aliphatic carbocycles. The lowest BCUT2D eigenvalue weighted by atomic mass is 10.0. The molecule has 2 unspecified atom stereocenters. The van der Waals surface area contributed by atoms with Gasteiger partial charge >= 0.3 is 5.97 Å². The Hall–Kier alpha value is -1.36. The van der Waals surface area contributed by atoms with E-state index in [1.165, 1.54) is 0 Å². The zero-order chi connectivity index (χ0) is 14.3. The van der Waals surface area contributed by atoms with Crippen LogP contribution in [0.3, 0.4) is 0 Å². The zero-order valence-corrected chi connectivity index (χ0v) is 12.2. The van der Waals surface area contributed by atoms with Crippen molar-refractivity contribution in [2.45, 2.75) is 45.6 Å². The van der Waals surface area contributed by atoms with Gasteiger partial charge in [0.25, 0.3) is 0 Å². The van der Waals surface area contributed by atoms with Crippen LogP contribution < -0.4 is 5.32 Å². The highest BCUT2D eigenvalue weighted by molar-refractivity contribution is 7.07. The molecule has 0 saturated heterocycles. The highest BCUT2D eigenvalue weighted by Gasteiger charge is 2.12. The van der Waals surface area contributed by atoms with Gasteiger partial charge in [-0.25, -0.2) is 0 Å². The van der Waals surface area contributed by atoms with E-state index in [-0.39, 0.29) is 17.9 Å². The molecule has 4 nitrogen and oxygen atoms in total. The summed E-state index contributed by atoms with van der Waals surface area (Å²) in [7, 11) is 0. The van der Waals surface area contributed by atoms with Crippen LogP contribution in [0.15, 0.2) is 16.8 Å².